The summed E-state index contributed by atoms with van der Waals surface area (Å²) in [6.07, 6.45) is 1.91. The van der Waals surface area contributed by atoms with Crippen LogP contribution >= 0.6 is 0 Å². The van der Waals surface area contributed by atoms with E-state index in [1.807, 2.05) is 6.92 Å². The molecule has 0 aliphatic carbocycles. The standard InChI is InChI=1S/C8H16O3/c1-3-4-5-11-8(10)7(2)6-9/h7,9H,3-6H2,1-2H3/t7-/m0/s1. The molecule has 0 radical (unpaired) electrons. The molecule has 0 amide bonds. The molecule has 11 heavy (non-hydrogen) atoms. The second-order valence-corrected chi connectivity index (χ2v) is 2.60. The third kappa shape index (κ3) is 4.79. The highest BCUT2D eigenvalue weighted by Crippen LogP contribution is 1.98. The Morgan fingerprint density at radius 1 is 1.64 bits per heavy atom. The minimum absolute atomic E-state index is 0.134. The minimum atomic E-state index is -0.383. The van der Waals surface area contributed by atoms with Crippen molar-refractivity contribution < 1.29 is 14.6 Å². The van der Waals surface area contributed by atoms with Gasteiger partial charge in [-0.25, -0.2) is 0 Å². The number of unbranched alkanes of at least 4 members (excludes halogenated alkanes) is 1. The number of esters is 1. The Labute approximate surface area is 67.4 Å². The average molecular weight is 160 g/mol. The smallest absolute Gasteiger partial charge is 0.310 e. The fraction of sp³-hybridized carbons (Fsp3) is 0.875. The zero-order valence-corrected chi connectivity index (χ0v) is 7.17. The van der Waals surface area contributed by atoms with Gasteiger partial charge in [0, 0.05) is 0 Å². The van der Waals surface area contributed by atoms with Crippen LogP contribution in [0.2, 0.25) is 0 Å². The maximum atomic E-state index is 10.9. The van der Waals surface area contributed by atoms with E-state index in [2.05, 4.69) is 0 Å². The first-order chi connectivity index (χ1) is 5.22. The lowest BCUT2D eigenvalue weighted by Crippen LogP contribution is -2.18. The minimum Gasteiger partial charge on any atom is -0.465 e. The fourth-order valence-electron chi connectivity index (χ4n) is 0.534. The van der Waals surface area contributed by atoms with Gasteiger partial charge in [0.2, 0.25) is 0 Å². The van der Waals surface area contributed by atoms with Gasteiger partial charge in [-0.3, -0.25) is 4.79 Å². The third-order valence-electron chi connectivity index (χ3n) is 1.42. The molecule has 0 aromatic heterocycles. The molecule has 0 spiro atoms. The van der Waals surface area contributed by atoms with E-state index >= 15 is 0 Å². The van der Waals surface area contributed by atoms with Crippen molar-refractivity contribution in [2.75, 3.05) is 13.2 Å². The van der Waals surface area contributed by atoms with E-state index in [4.69, 9.17) is 9.84 Å². The molecule has 1 atom stereocenters. The van der Waals surface area contributed by atoms with Crippen molar-refractivity contribution in [1.29, 1.82) is 0 Å². The lowest BCUT2D eigenvalue weighted by molar-refractivity contribution is -0.149. The molecular formula is C8H16O3. The van der Waals surface area contributed by atoms with Crippen LogP contribution in [0.4, 0.5) is 0 Å². The Bertz CT molecular complexity index is 112. The summed E-state index contributed by atoms with van der Waals surface area (Å²) < 4.78 is 4.84. The van der Waals surface area contributed by atoms with Crippen LogP contribution in [0.25, 0.3) is 0 Å². The van der Waals surface area contributed by atoms with Crippen LogP contribution in [0.15, 0.2) is 0 Å². The number of ether oxygens (including phenoxy) is 1. The van der Waals surface area contributed by atoms with Crippen molar-refractivity contribution in [3.05, 3.63) is 0 Å². The van der Waals surface area contributed by atoms with Crippen LogP contribution in [-0.4, -0.2) is 24.3 Å². The molecule has 0 fully saturated rings. The molecule has 0 aromatic carbocycles. The van der Waals surface area contributed by atoms with Gasteiger partial charge < -0.3 is 9.84 Å². The van der Waals surface area contributed by atoms with E-state index in [0.29, 0.717) is 6.61 Å². The molecule has 0 rings (SSSR count). The molecular weight excluding hydrogens is 144 g/mol. The Morgan fingerprint density at radius 3 is 2.73 bits per heavy atom. The second kappa shape index (κ2) is 6.16. The normalized spacial score (nSPS) is 12.6. The predicted octanol–water partition coefficient (Wildman–Crippen LogP) is 0.958. The monoisotopic (exact) mass is 160 g/mol. The van der Waals surface area contributed by atoms with Crippen molar-refractivity contribution in [1.82, 2.24) is 0 Å². The topological polar surface area (TPSA) is 46.5 Å². The zero-order chi connectivity index (χ0) is 8.69. The number of aliphatic hydroxyl groups is 1. The van der Waals surface area contributed by atoms with Crippen LogP contribution in [0.5, 0.6) is 0 Å². The molecule has 0 unspecified atom stereocenters. The van der Waals surface area contributed by atoms with Gasteiger partial charge >= 0.3 is 5.97 Å². The number of hydrogen-bond donors (Lipinski definition) is 1. The largest absolute Gasteiger partial charge is 0.465 e. The van der Waals surface area contributed by atoms with Gasteiger partial charge in [-0.15, -0.1) is 0 Å². The molecule has 3 heteroatoms. The number of hydrogen-bond acceptors (Lipinski definition) is 3. The maximum absolute atomic E-state index is 10.9. The second-order valence-electron chi connectivity index (χ2n) is 2.60. The maximum Gasteiger partial charge on any atom is 0.310 e. The van der Waals surface area contributed by atoms with Gasteiger partial charge in [0.1, 0.15) is 0 Å². The lowest BCUT2D eigenvalue weighted by atomic mass is 10.2. The van der Waals surface area contributed by atoms with E-state index in [0.717, 1.165) is 12.8 Å². The van der Waals surface area contributed by atoms with Gasteiger partial charge in [-0.1, -0.05) is 13.3 Å². The molecule has 0 bridgehead atoms. The number of aliphatic hydroxyl groups excluding tert-OH is 1. The first-order valence-corrected chi connectivity index (χ1v) is 3.99. The van der Waals surface area contributed by atoms with Gasteiger partial charge in [0.25, 0.3) is 0 Å². The summed E-state index contributed by atoms with van der Waals surface area (Å²) in [7, 11) is 0. The zero-order valence-electron chi connectivity index (χ0n) is 7.17. The fourth-order valence-corrected chi connectivity index (χ4v) is 0.534. The molecule has 3 nitrogen and oxygen atoms in total. The first-order valence-electron chi connectivity index (χ1n) is 3.99. The summed E-state index contributed by atoms with van der Waals surface area (Å²) in [5, 5.41) is 8.56. The Balaban J connectivity index is 3.36. The van der Waals surface area contributed by atoms with Crippen LogP contribution in [0.3, 0.4) is 0 Å². The SMILES string of the molecule is CCCCOC(=O)[C@@H](C)CO. The van der Waals surface area contributed by atoms with Crippen molar-refractivity contribution in [3.63, 3.8) is 0 Å². The van der Waals surface area contributed by atoms with E-state index in [9.17, 15) is 4.79 Å². The highest BCUT2D eigenvalue weighted by atomic mass is 16.5. The summed E-state index contributed by atoms with van der Waals surface area (Å²) in [4.78, 5) is 10.9. The van der Waals surface area contributed by atoms with Gasteiger partial charge in [-0.2, -0.15) is 0 Å². The van der Waals surface area contributed by atoms with E-state index < -0.39 is 0 Å². The molecule has 66 valence electrons. The quantitative estimate of drug-likeness (QED) is 0.481. The van der Waals surface area contributed by atoms with Crippen molar-refractivity contribution in [2.24, 2.45) is 5.92 Å². The van der Waals surface area contributed by atoms with E-state index in [-0.39, 0.29) is 18.5 Å². The molecule has 0 saturated carbocycles. The average Bonchev–Trinajstić information content (AvgIpc) is 2.03. The lowest BCUT2D eigenvalue weighted by Gasteiger charge is -2.07. The van der Waals surface area contributed by atoms with Gasteiger partial charge in [0.05, 0.1) is 19.1 Å². The van der Waals surface area contributed by atoms with Crippen molar-refractivity contribution in [3.8, 4) is 0 Å². The summed E-state index contributed by atoms with van der Waals surface area (Å²) >= 11 is 0. The van der Waals surface area contributed by atoms with E-state index in [1.165, 1.54) is 0 Å². The highest BCUT2D eigenvalue weighted by molar-refractivity contribution is 5.72. The molecule has 0 saturated heterocycles. The molecule has 0 aliphatic heterocycles. The summed E-state index contributed by atoms with van der Waals surface area (Å²) in [5.41, 5.74) is 0. The Morgan fingerprint density at radius 2 is 2.27 bits per heavy atom. The van der Waals surface area contributed by atoms with Gasteiger partial charge in [0.15, 0.2) is 0 Å². The highest BCUT2D eigenvalue weighted by Gasteiger charge is 2.11. The predicted molar refractivity (Wildman–Crippen MR) is 42.1 cm³/mol. The van der Waals surface area contributed by atoms with Crippen LogP contribution in [-0.2, 0) is 9.53 Å². The third-order valence-corrected chi connectivity index (χ3v) is 1.42. The summed E-state index contributed by atoms with van der Waals surface area (Å²) in [6.45, 7) is 4.02. The number of carbonyl (C=O) groups excluding carboxylic acids is 1. The van der Waals surface area contributed by atoms with Crippen molar-refractivity contribution in [2.45, 2.75) is 26.7 Å². The Kier molecular flexibility index (Phi) is 5.84. The molecule has 0 heterocycles. The number of rotatable bonds is 5. The number of carbonyl (C=O) groups is 1. The van der Waals surface area contributed by atoms with Crippen LogP contribution in [0, 0.1) is 5.92 Å². The molecule has 0 aromatic rings. The first kappa shape index (κ1) is 10.4. The van der Waals surface area contributed by atoms with Crippen LogP contribution < -0.4 is 0 Å². The van der Waals surface area contributed by atoms with E-state index in [1.54, 1.807) is 6.92 Å². The Hall–Kier alpha value is -0.570. The summed E-state index contributed by atoms with van der Waals surface area (Å²) in [6, 6.07) is 0. The molecule has 0 aliphatic rings. The summed E-state index contributed by atoms with van der Waals surface area (Å²) in [5.74, 6) is -0.687. The van der Waals surface area contributed by atoms with Crippen LogP contribution in [0.1, 0.15) is 26.7 Å². The van der Waals surface area contributed by atoms with Gasteiger partial charge in [-0.05, 0) is 13.3 Å². The molecule has 1 N–H and O–H groups in total. The van der Waals surface area contributed by atoms with Crippen molar-refractivity contribution >= 4 is 5.97 Å².